The fraction of sp³-hybridized carbons (Fsp3) is 0.778. The van der Waals surface area contributed by atoms with Gasteiger partial charge in [-0.2, -0.15) is 0 Å². The van der Waals surface area contributed by atoms with Crippen LogP contribution in [0.3, 0.4) is 0 Å². The van der Waals surface area contributed by atoms with Gasteiger partial charge in [0, 0.05) is 0 Å². The molecule has 0 aromatic heterocycles. The normalized spacial score (nSPS) is 17.7. The molecule has 0 saturated heterocycles. The highest BCUT2D eigenvalue weighted by Gasteiger charge is 2.28. The van der Waals surface area contributed by atoms with Gasteiger partial charge >= 0.3 is 11.9 Å². The number of hydrogen-bond acceptors (Lipinski definition) is 4. The van der Waals surface area contributed by atoms with Crippen LogP contribution in [0.4, 0.5) is 0 Å². The van der Waals surface area contributed by atoms with Gasteiger partial charge in [0.1, 0.15) is 0 Å². The fourth-order valence-electron chi connectivity index (χ4n) is 3.83. The van der Waals surface area contributed by atoms with Crippen LogP contribution in [0, 0.1) is 17.3 Å². The van der Waals surface area contributed by atoms with Gasteiger partial charge in [-0.25, -0.2) is 9.59 Å². The van der Waals surface area contributed by atoms with Crippen molar-refractivity contribution in [2.75, 3.05) is 13.2 Å². The van der Waals surface area contributed by atoms with E-state index in [1.807, 2.05) is 6.08 Å². The van der Waals surface area contributed by atoms with Crippen molar-refractivity contribution in [3.63, 3.8) is 0 Å². The number of ether oxygens (including phenoxy) is 2. The number of carbonyl (C=O) groups is 2. The maximum atomic E-state index is 13.0. The third-order valence-electron chi connectivity index (χ3n) is 6.50. The number of allylic oxidation sites excluding steroid dienone is 1. The minimum absolute atomic E-state index is 0.0757. The zero-order chi connectivity index (χ0) is 23.3. The summed E-state index contributed by atoms with van der Waals surface area (Å²) in [6.45, 7) is 13.7. The monoisotopic (exact) mass is 434 g/mol. The molecule has 4 heteroatoms. The Hall–Kier alpha value is -1.58. The van der Waals surface area contributed by atoms with Gasteiger partial charge < -0.3 is 9.47 Å². The smallest absolute Gasteiger partial charge is 0.338 e. The Bertz CT molecular complexity index is 615. The van der Waals surface area contributed by atoms with E-state index in [1.165, 1.54) is 0 Å². The number of rotatable bonds is 14. The number of carbonyl (C=O) groups excluding carboxylic acids is 2. The minimum atomic E-state index is -0.395. The lowest BCUT2D eigenvalue weighted by Gasteiger charge is -2.19. The summed E-state index contributed by atoms with van der Waals surface area (Å²) in [6, 6.07) is 0. The van der Waals surface area contributed by atoms with E-state index in [0.717, 1.165) is 57.8 Å². The average molecular weight is 435 g/mol. The van der Waals surface area contributed by atoms with Crippen molar-refractivity contribution in [2.45, 2.75) is 106 Å². The zero-order valence-corrected chi connectivity index (χ0v) is 20.9. The summed E-state index contributed by atoms with van der Waals surface area (Å²) >= 11 is 0. The van der Waals surface area contributed by atoms with E-state index in [2.05, 4.69) is 41.5 Å². The van der Waals surface area contributed by atoms with Crippen LogP contribution in [0.15, 0.2) is 23.3 Å². The van der Waals surface area contributed by atoms with Crippen molar-refractivity contribution in [3.05, 3.63) is 23.3 Å². The highest BCUT2D eigenvalue weighted by Crippen LogP contribution is 2.33. The van der Waals surface area contributed by atoms with Gasteiger partial charge in [-0.1, -0.05) is 92.2 Å². The molecule has 0 N–H and O–H groups in total. The van der Waals surface area contributed by atoms with Gasteiger partial charge in [0.25, 0.3) is 0 Å². The Labute approximate surface area is 190 Å². The quantitative estimate of drug-likeness (QED) is 0.272. The maximum Gasteiger partial charge on any atom is 0.338 e. The van der Waals surface area contributed by atoms with Crippen LogP contribution in [0.25, 0.3) is 0 Å². The largest absolute Gasteiger partial charge is 0.462 e. The first kappa shape index (κ1) is 27.5. The van der Waals surface area contributed by atoms with Crippen LogP contribution in [-0.4, -0.2) is 25.2 Å². The first-order valence-electron chi connectivity index (χ1n) is 12.5. The molecule has 4 nitrogen and oxygen atoms in total. The lowest BCUT2D eigenvalue weighted by atomic mass is 9.87. The average Bonchev–Trinajstić information content (AvgIpc) is 2.91. The molecule has 0 bridgehead atoms. The fourth-order valence-corrected chi connectivity index (χ4v) is 3.83. The van der Waals surface area contributed by atoms with Crippen molar-refractivity contribution in [1.82, 2.24) is 0 Å². The third kappa shape index (κ3) is 10.1. The summed E-state index contributed by atoms with van der Waals surface area (Å²) in [5.74, 6) is -0.00679. The van der Waals surface area contributed by atoms with Crippen LogP contribution in [0.1, 0.15) is 106 Å². The van der Waals surface area contributed by atoms with Crippen LogP contribution in [0.5, 0.6) is 0 Å². The molecule has 0 radical (unpaired) electrons. The number of hydrogen-bond donors (Lipinski definition) is 0. The summed E-state index contributed by atoms with van der Waals surface area (Å²) in [4.78, 5) is 26.0. The molecule has 1 aliphatic rings. The second-order valence-electron chi connectivity index (χ2n) is 9.74. The second-order valence-corrected chi connectivity index (χ2v) is 9.74. The molecule has 178 valence electrons. The SMILES string of the molecule is CCCCC(CC)COC(=O)C1=C(C(=O)OCC(CC)CCCC)CCC(C)(C)C=C1. The van der Waals surface area contributed by atoms with Crippen LogP contribution in [-0.2, 0) is 19.1 Å². The molecule has 1 rings (SSSR count). The van der Waals surface area contributed by atoms with Crippen LogP contribution in [0.2, 0.25) is 0 Å². The van der Waals surface area contributed by atoms with Gasteiger partial charge in [0.2, 0.25) is 0 Å². The van der Waals surface area contributed by atoms with E-state index in [4.69, 9.17) is 9.47 Å². The van der Waals surface area contributed by atoms with Crippen LogP contribution >= 0.6 is 0 Å². The lowest BCUT2D eigenvalue weighted by molar-refractivity contribution is -0.143. The molecule has 0 aliphatic heterocycles. The van der Waals surface area contributed by atoms with Gasteiger partial charge in [-0.05, 0) is 42.9 Å². The predicted molar refractivity (Wildman–Crippen MR) is 128 cm³/mol. The summed E-state index contributed by atoms with van der Waals surface area (Å²) in [6.07, 6.45) is 13.8. The predicted octanol–water partition coefficient (Wildman–Crippen LogP) is 7.18. The molecule has 2 unspecified atom stereocenters. The zero-order valence-electron chi connectivity index (χ0n) is 20.9. The summed E-state index contributed by atoms with van der Waals surface area (Å²) in [7, 11) is 0. The Morgan fingerprint density at radius 3 is 1.90 bits per heavy atom. The summed E-state index contributed by atoms with van der Waals surface area (Å²) in [5.41, 5.74) is 0.773. The molecule has 1 aliphatic carbocycles. The molecule has 2 atom stereocenters. The van der Waals surface area contributed by atoms with Crippen molar-refractivity contribution >= 4 is 11.9 Å². The minimum Gasteiger partial charge on any atom is -0.462 e. The van der Waals surface area contributed by atoms with Crippen molar-refractivity contribution in [2.24, 2.45) is 17.3 Å². The maximum absolute atomic E-state index is 13.0. The van der Waals surface area contributed by atoms with Gasteiger partial charge in [0.15, 0.2) is 0 Å². The molecule has 0 aromatic rings. The van der Waals surface area contributed by atoms with Gasteiger partial charge in [-0.3, -0.25) is 0 Å². The van der Waals surface area contributed by atoms with E-state index < -0.39 is 5.97 Å². The molecule has 0 heterocycles. The van der Waals surface area contributed by atoms with Gasteiger partial charge in [0.05, 0.1) is 24.4 Å². The van der Waals surface area contributed by atoms with Gasteiger partial charge in [-0.15, -0.1) is 0 Å². The van der Waals surface area contributed by atoms with E-state index >= 15 is 0 Å². The molecule has 0 saturated carbocycles. The highest BCUT2D eigenvalue weighted by atomic mass is 16.5. The molecular weight excluding hydrogens is 388 g/mol. The Kier molecular flexibility index (Phi) is 12.8. The summed E-state index contributed by atoms with van der Waals surface area (Å²) < 4.78 is 11.4. The highest BCUT2D eigenvalue weighted by molar-refractivity contribution is 6.02. The molecule has 0 amide bonds. The third-order valence-corrected chi connectivity index (χ3v) is 6.50. The number of esters is 2. The Balaban J connectivity index is 2.92. The second kappa shape index (κ2) is 14.5. The van der Waals surface area contributed by atoms with Crippen LogP contribution < -0.4 is 0 Å². The standard InChI is InChI=1S/C27H46O4/c1-7-11-13-21(9-3)19-30-25(28)23-15-17-27(5,6)18-16-24(23)26(29)31-20-22(10-4)14-12-8-2/h15,17,21-22H,7-14,16,18-20H2,1-6H3. The molecule has 31 heavy (non-hydrogen) atoms. The lowest BCUT2D eigenvalue weighted by Crippen LogP contribution is -2.20. The first-order valence-corrected chi connectivity index (χ1v) is 12.5. The number of unbranched alkanes of at least 4 members (excludes halogenated alkanes) is 2. The Morgan fingerprint density at radius 2 is 1.42 bits per heavy atom. The van der Waals surface area contributed by atoms with Crippen molar-refractivity contribution in [3.8, 4) is 0 Å². The van der Waals surface area contributed by atoms with E-state index in [1.54, 1.807) is 6.08 Å². The summed E-state index contributed by atoms with van der Waals surface area (Å²) in [5, 5.41) is 0. The molecule has 0 aromatic carbocycles. The van der Waals surface area contributed by atoms with E-state index in [0.29, 0.717) is 42.6 Å². The van der Waals surface area contributed by atoms with Crippen molar-refractivity contribution < 1.29 is 19.1 Å². The van der Waals surface area contributed by atoms with E-state index in [-0.39, 0.29) is 11.4 Å². The molecule has 0 spiro atoms. The molecular formula is C27H46O4. The molecule has 0 fully saturated rings. The van der Waals surface area contributed by atoms with E-state index in [9.17, 15) is 9.59 Å². The topological polar surface area (TPSA) is 52.6 Å². The Morgan fingerprint density at radius 1 is 0.903 bits per heavy atom. The van der Waals surface area contributed by atoms with Crippen molar-refractivity contribution in [1.29, 1.82) is 0 Å². The first-order chi connectivity index (χ1) is 14.8.